The molecule has 7 nitrogen and oxygen atoms in total. The molecule has 158 valence electrons. The molecule has 1 N–H and O–H groups in total. The zero-order valence-electron chi connectivity index (χ0n) is 17.9. The molecule has 1 rings (SSSR count). The topological polar surface area (TPSA) is 79.3 Å². The molecular weight excluding hydrogens is 376 g/mol. The predicted octanol–water partition coefficient (Wildman–Crippen LogP) is 4.26. The van der Waals surface area contributed by atoms with Gasteiger partial charge in [0.2, 0.25) is 0 Å². The molecule has 28 heavy (non-hydrogen) atoms. The maximum Gasteiger partial charge on any atom is 0.410 e. The fourth-order valence-corrected chi connectivity index (χ4v) is 3.13. The number of carbonyl (C=O) groups is 2. The number of ether oxygens (including phenoxy) is 1. The molecule has 0 saturated carbocycles. The molecule has 0 saturated heterocycles. The van der Waals surface area contributed by atoms with E-state index in [1.807, 2.05) is 30.3 Å². The van der Waals surface area contributed by atoms with E-state index in [0.29, 0.717) is 13.2 Å². The van der Waals surface area contributed by atoms with Gasteiger partial charge in [0.1, 0.15) is 6.61 Å². The Kier molecular flexibility index (Phi) is 8.97. The van der Waals surface area contributed by atoms with Gasteiger partial charge < -0.3 is 24.1 Å². The van der Waals surface area contributed by atoms with Crippen LogP contribution in [-0.2, 0) is 15.8 Å². The van der Waals surface area contributed by atoms with Crippen LogP contribution < -0.4 is 0 Å². The quantitative estimate of drug-likeness (QED) is 0.616. The van der Waals surface area contributed by atoms with Crippen molar-refractivity contribution in [3.63, 3.8) is 0 Å². The van der Waals surface area contributed by atoms with E-state index >= 15 is 0 Å². The van der Waals surface area contributed by atoms with E-state index in [1.54, 1.807) is 0 Å². The summed E-state index contributed by atoms with van der Waals surface area (Å²) in [6, 6.07) is 9.44. The van der Waals surface area contributed by atoms with Crippen molar-refractivity contribution in [1.82, 2.24) is 9.80 Å². The molecule has 0 unspecified atom stereocenters. The number of carbonyl (C=O) groups excluding carboxylic acids is 1. The summed E-state index contributed by atoms with van der Waals surface area (Å²) >= 11 is 0. The molecule has 0 spiro atoms. The zero-order chi connectivity index (χ0) is 21.4. The van der Waals surface area contributed by atoms with Gasteiger partial charge in [-0.3, -0.25) is 0 Å². The van der Waals surface area contributed by atoms with Crippen molar-refractivity contribution in [2.24, 2.45) is 0 Å². The average molecular weight is 411 g/mol. The number of nitrogens with zero attached hydrogens (tertiary/aromatic N) is 2. The molecule has 0 aliphatic carbocycles. The van der Waals surface area contributed by atoms with E-state index in [-0.39, 0.29) is 24.7 Å². The summed E-state index contributed by atoms with van der Waals surface area (Å²) in [6.45, 7) is 12.2. The van der Waals surface area contributed by atoms with Crippen molar-refractivity contribution in [3.8, 4) is 0 Å². The fourth-order valence-electron chi connectivity index (χ4n) is 2.10. The van der Waals surface area contributed by atoms with Crippen molar-refractivity contribution in [1.29, 1.82) is 0 Å². The SMILES string of the molecule is CN(CCN(CCO[Si](C)(C)C(C)(C)C)C(=O)OCc1ccccc1)C(=O)O. The van der Waals surface area contributed by atoms with Crippen molar-refractivity contribution in [2.75, 3.05) is 33.3 Å². The van der Waals surface area contributed by atoms with Gasteiger partial charge in [-0.1, -0.05) is 51.1 Å². The number of carboxylic acid groups (broad SMARTS) is 1. The first-order valence-corrected chi connectivity index (χ1v) is 12.4. The van der Waals surface area contributed by atoms with Crippen LogP contribution in [0.1, 0.15) is 26.3 Å². The lowest BCUT2D eigenvalue weighted by molar-refractivity contribution is 0.0846. The second-order valence-electron chi connectivity index (χ2n) is 8.34. The normalized spacial score (nSPS) is 11.8. The Balaban J connectivity index is 2.66. The Morgan fingerprint density at radius 2 is 1.68 bits per heavy atom. The fraction of sp³-hybridized carbons (Fsp3) is 0.600. The molecule has 0 atom stereocenters. The molecule has 2 amide bonds. The Hall–Kier alpha value is -2.06. The highest BCUT2D eigenvalue weighted by atomic mass is 28.4. The maximum atomic E-state index is 12.5. The van der Waals surface area contributed by atoms with E-state index in [1.165, 1.54) is 11.9 Å². The molecule has 1 aromatic rings. The second-order valence-corrected chi connectivity index (χ2v) is 13.1. The van der Waals surface area contributed by atoms with E-state index in [4.69, 9.17) is 14.3 Å². The van der Waals surface area contributed by atoms with Gasteiger partial charge in [0.05, 0.1) is 6.61 Å². The molecule has 0 bridgehead atoms. The Morgan fingerprint density at radius 1 is 1.07 bits per heavy atom. The summed E-state index contributed by atoms with van der Waals surface area (Å²) in [5, 5.41) is 9.11. The maximum absolute atomic E-state index is 12.5. The van der Waals surface area contributed by atoms with E-state index in [9.17, 15) is 9.59 Å². The number of amides is 2. The largest absolute Gasteiger partial charge is 0.465 e. The Bertz CT molecular complexity index is 631. The molecule has 0 radical (unpaired) electrons. The predicted molar refractivity (Wildman–Crippen MR) is 112 cm³/mol. The Morgan fingerprint density at radius 3 is 2.21 bits per heavy atom. The van der Waals surface area contributed by atoms with Crippen LogP contribution in [-0.4, -0.2) is 68.7 Å². The third kappa shape index (κ3) is 7.90. The van der Waals surface area contributed by atoms with Gasteiger partial charge in [-0.15, -0.1) is 0 Å². The lowest BCUT2D eigenvalue weighted by Crippen LogP contribution is -2.45. The highest BCUT2D eigenvalue weighted by Crippen LogP contribution is 2.36. The van der Waals surface area contributed by atoms with Gasteiger partial charge in [0, 0.05) is 26.7 Å². The smallest absolute Gasteiger partial charge is 0.410 e. The van der Waals surface area contributed by atoms with Gasteiger partial charge >= 0.3 is 12.2 Å². The van der Waals surface area contributed by atoms with Crippen LogP contribution in [0.4, 0.5) is 9.59 Å². The van der Waals surface area contributed by atoms with Gasteiger partial charge in [-0.2, -0.15) is 0 Å². The van der Waals surface area contributed by atoms with Gasteiger partial charge in [0.25, 0.3) is 0 Å². The number of hydrogen-bond donors (Lipinski definition) is 1. The van der Waals surface area contributed by atoms with E-state index in [0.717, 1.165) is 10.5 Å². The molecule has 8 heteroatoms. The highest BCUT2D eigenvalue weighted by Gasteiger charge is 2.37. The van der Waals surface area contributed by atoms with Crippen molar-refractivity contribution < 1.29 is 23.9 Å². The Labute approximate surface area is 169 Å². The lowest BCUT2D eigenvalue weighted by atomic mass is 10.2. The average Bonchev–Trinajstić information content (AvgIpc) is 2.61. The summed E-state index contributed by atoms with van der Waals surface area (Å²) in [5.41, 5.74) is 0.899. The van der Waals surface area contributed by atoms with Crippen LogP contribution in [0.5, 0.6) is 0 Å². The minimum atomic E-state index is -1.92. The summed E-state index contributed by atoms with van der Waals surface area (Å²) in [5.74, 6) is 0. The van der Waals surface area contributed by atoms with Gasteiger partial charge in [-0.25, -0.2) is 9.59 Å². The second kappa shape index (κ2) is 10.5. The number of hydrogen-bond acceptors (Lipinski definition) is 4. The molecule has 0 aliphatic heterocycles. The summed E-state index contributed by atoms with van der Waals surface area (Å²) < 4.78 is 11.6. The summed E-state index contributed by atoms with van der Waals surface area (Å²) in [6.07, 6.45) is -1.50. The minimum absolute atomic E-state index is 0.0785. The van der Waals surface area contributed by atoms with Crippen LogP contribution in [0.15, 0.2) is 30.3 Å². The number of rotatable bonds is 9. The van der Waals surface area contributed by atoms with E-state index < -0.39 is 20.5 Å². The van der Waals surface area contributed by atoms with Crippen LogP contribution in [0, 0.1) is 0 Å². The van der Waals surface area contributed by atoms with Gasteiger partial charge in [0.15, 0.2) is 8.32 Å². The standard InChI is InChI=1S/C20H34N2O5Si/c1-20(2,3)28(5,6)27-15-14-22(13-12-21(4)18(23)24)19(25)26-16-17-10-8-7-9-11-17/h7-11H,12-16H2,1-6H3,(H,23,24). The third-order valence-electron chi connectivity index (χ3n) is 5.13. The third-order valence-corrected chi connectivity index (χ3v) is 9.66. The molecule has 1 aromatic carbocycles. The number of likely N-dealkylation sites (N-methyl/N-ethyl adjacent to an activating group) is 1. The van der Waals surface area contributed by atoms with Crippen LogP contribution in [0.25, 0.3) is 0 Å². The van der Waals surface area contributed by atoms with Crippen LogP contribution >= 0.6 is 0 Å². The first-order valence-electron chi connectivity index (χ1n) is 9.47. The van der Waals surface area contributed by atoms with Crippen molar-refractivity contribution >= 4 is 20.5 Å². The first kappa shape index (κ1) is 24.0. The molecule has 0 heterocycles. The monoisotopic (exact) mass is 410 g/mol. The van der Waals surface area contributed by atoms with Crippen LogP contribution in [0.2, 0.25) is 18.1 Å². The molecule has 0 fully saturated rings. The number of benzene rings is 1. The molecular formula is C20H34N2O5Si. The first-order chi connectivity index (χ1) is 12.9. The lowest BCUT2D eigenvalue weighted by Gasteiger charge is -2.36. The van der Waals surface area contributed by atoms with Crippen molar-refractivity contribution in [2.45, 2.75) is 45.5 Å². The van der Waals surface area contributed by atoms with E-state index in [2.05, 4.69) is 33.9 Å². The summed E-state index contributed by atoms with van der Waals surface area (Å²) in [4.78, 5) is 26.2. The molecule has 0 aliphatic rings. The zero-order valence-corrected chi connectivity index (χ0v) is 18.9. The molecule has 0 aromatic heterocycles. The minimum Gasteiger partial charge on any atom is -0.465 e. The summed E-state index contributed by atoms with van der Waals surface area (Å²) in [7, 11) is -0.449. The highest BCUT2D eigenvalue weighted by molar-refractivity contribution is 6.74. The van der Waals surface area contributed by atoms with Gasteiger partial charge in [-0.05, 0) is 23.7 Å². The van der Waals surface area contributed by atoms with Crippen molar-refractivity contribution in [3.05, 3.63) is 35.9 Å². The van der Waals surface area contributed by atoms with Crippen LogP contribution in [0.3, 0.4) is 0 Å².